The molecule has 2 heterocycles. The van der Waals surface area contributed by atoms with E-state index in [9.17, 15) is 4.79 Å². The van der Waals surface area contributed by atoms with Crippen molar-refractivity contribution in [1.82, 2.24) is 9.88 Å². The summed E-state index contributed by atoms with van der Waals surface area (Å²) in [6, 6.07) is 12.0. The zero-order valence-corrected chi connectivity index (χ0v) is 20.9. The number of carbonyl (C=O) groups is 1. The normalized spacial score (nSPS) is 14.7. The number of nitrogens with zero attached hydrogens (tertiary/aromatic N) is 3. The van der Waals surface area contributed by atoms with E-state index in [4.69, 9.17) is 21.3 Å². The highest BCUT2D eigenvalue weighted by molar-refractivity contribution is 7.99. The van der Waals surface area contributed by atoms with Crippen LogP contribution in [0.5, 0.6) is 0 Å². The Bertz CT molecular complexity index is 1030. The zero-order chi connectivity index (χ0) is 22.5. The summed E-state index contributed by atoms with van der Waals surface area (Å²) in [6.07, 6.45) is 0.463. The molecule has 0 radical (unpaired) electrons. The molecular weight excluding hydrogens is 462 g/mol. The van der Waals surface area contributed by atoms with Gasteiger partial charge in [-0.2, -0.15) is 0 Å². The second-order valence-corrected chi connectivity index (χ2v) is 10.5. The van der Waals surface area contributed by atoms with E-state index in [0.29, 0.717) is 13.0 Å². The lowest BCUT2D eigenvalue weighted by atomic mass is 10.1. The molecule has 3 aromatic rings. The second-order valence-electron chi connectivity index (χ2n) is 7.93. The third kappa shape index (κ3) is 5.83. The summed E-state index contributed by atoms with van der Waals surface area (Å²) >= 11 is 9.27. The van der Waals surface area contributed by atoms with Gasteiger partial charge < -0.3 is 4.74 Å². The van der Waals surface area contributed by atoms with Gasteiger partial charge in [0.05, 0.1) is 23.4 Å². The number of aromatic nitrogens is 1. The van der Waals surface area contributed by atoms with Gasteiger partial charge in [-0.25, -0.2) is 4.98 Å². The number of fused-ring (bicyclic) bond motifs is 1. The highest BCUT2D eigenvalue weighted by Gasteiger charge is 2.22. The van der Waals surface area contributed by atoms with E-state index in [0.717, 1.165) is 64.7 Å². The Hall–Kier alpha value is -1.64. The summed E-state index contributed by atoms with van der Waals surface area (Å²) in [6.45, 7) is 8.98. The third-order valence-electron chi connectivity index (χ3n) is 5.60. The number of benzene rings is 2. The fraction of sp³-hybridized carbons (Fsp3) is 0.417. The lowest BCUT2D eigenvalue weighted by molar-refractivity contribution is -0.118. The predicted octanol–water partition coefficient (Wildman–Crippen LogP) is 5.41. The molecule has 5 nitrogen and oxygen atoms in total. The fourth-order valence-corrected chi connectivity index (χ4v) is 5.80. The summed E-state index contributed by atoms with van der Waals surface area (Å²) in [4.78, 5) is 23.6. The van der Waals surface area contributed by atoms with Gasteiger partial charge in [0.2, 0.25) is 5.91 Å². The first-order valence-electron chi connectivity index (χ1n) is 10.9. The highest BCUT2D eigenvalue weighted by Crippen LogP contribution is 2.33. The molecule has 0 spiro atoms. The number of aryl methyl sites for hydroxylation is 2. The molecule has 0 atom stereocenters. The van der Waals surface area contributed by atoms with Crippen molar-refractivity contribution in [3.05, 3.63) is 52.5 Å². The van der Waals surface area contributed by atoms with Gasteiger partial charge in [0, 0.05) is 48.3 Å². The number of anilines is 1. The number of amides is 1. The number of hydrogen-bond acceptors (Lipinski definition) is 6. The molecule has 2 aromatic carbocycles. The summed E-state index contributed by atoms with van der Waals surface area (Å²) in [5, 5.41) is 1.52. The minimum Gasteiger partial charge on any atom is -0.379 e. The molecular formula is C24H28ClN3O2S2. The molecule has 4 rings (SSSR count). The van der Waals surface area contributed by atoms with E-state index >= 15 is 0 Å². The first-order valence-corrected chi connectivity index (χ1v) is 13.0. The molecule has 170 valence electrons. The van der Waals surface area contributed by atoms with Crippen LogP contribution in [0.3, 0.4) is 0 Å². The maximum Gasteiger partial charge on any atom is 0.229 e. The molecule has 0 N–H and O–H groups in total. The number of hydrogen-bond donors (Lipinski definition) is 0. The van der Waals surface area contributed by atoms with Gasteiger partial charge in [-0.15, -0.1) is 11.8 Å². The number of thioether (sulfide) groups is 1. The first-order chi connectivity index (χ1) is 15.5. The van der Waals surface area contributed by atoms with E-state index in [-0.39, 0.29) is 5.91 Å². The Balaban J connectivity index is 1.48. The van der Waals surface area contributed by atoms with Crippen molar-refractivity contribution < 1.29 is 9.53 Å². The maximum atomic E-state index is 13.3. The number of carbonyl (C=O) groups excluding carboxylic acids is 1. The molecule has 0 unspecified atom stereocenters. The Morgan fingerprint density at radius 3 is 2.59 bits per heavy atom. The van der Waals surface area contributed by atoms with E-state index < -0.39 is 0 Å². The van der Waals surface area contributed by atoms with Gasteiger partial charge in [0.1, 0.15) is 0 Å². The standard InChI is InChI=1S/C24H28ClN3O2S2/c1-17-3-4-18(2)23-22(17)26-24(32-23)28(11-10-27-12-14-30-15-13-27)21(29)9-16-31-20-7-5-19(25)6-8-20/h3-8H,9-16H2,1-2H3. The lowest BCUT2D eigenvalue weighted by Crippen LogP contribution is -2.43. The largest absolute Gasteiger partial charge is 0.379 e. The second kappa shape index (κ2) is 11.0. The Labute approximate surface area is 202 Å². The average Bonchev–Trinajstić information content (AvgIpc) is 3.25. The van der Waals surface area contributed by atoms with Crippen LogP contribution in [0.2, 0.25) is 5.02 Å². The number of rotatable bonds is 8. The van der Waals surface area contributed by atoms with Crippen LogP contribution >= 0.6 is 34.7 Å². The van der Waals surface area contributed by atoms with Crippen molar-refractivity contribution in [3.8, 4) is 0 Å². The molecule has 0 aliphatic carbocycles. The Morgan fingerprint density at radius 1 is 1.16 bits per heavy atom. The first kappa shape index (κ1) is 23.5. The van der Waals surface area contributed by atoms with Gasteiger partial charge in [-0.3, -0.25) is 14.6 Å². The molecule has 1 aromatic heterocycles. The topological polar surface area (TPSA) is 45.7 Å². The quantitative estimate of drug-likeness (QED) is 0.396. The van der Waals surface area contributed by atoms with Gasteiger partial charge in [-0.1, -0.05) is 35.1 Å². The van der Waals surface area contributed by atoms with Crippen molar-refractivity contribution in [2.45, 2.75) is 25.2 Å². The predicted molar refractivity (Wildman–Crippen MR) is 135 cm³/mol. The molecule has 8 heteroatoms. The number of thiazole rings is 1. The smallest absolute Gasteiger partial charge is 0.229 e. The van der Waals surface area contributed by atoms with Crippen LogP contribution in [0.25, 0.3) is 10.2 Å². The average molecular weight is 490 g/mol. The van der Waals surface area contributed by atoms with Gasteiger partial charge in [0.15, 0.2) is 5.13 Å². The van der Waals surface area contributed by atoms with Crippen molar-refractivity contribution in [2.75, 3.05) is 50.0 Å². The van der Waals surface area contributed by atoms with Gasteiger partial charge in [0.25, 0.3) is 0 Å². The monoisotopic (exact) mass is 489 g/mol. The van der Waals surface area contributed by atoms with Crippen LogP contribution in [-0.4, -0.2) is 60.9 Å². The number of morpholine rings is 1. The van der Waals surface area contributed by atoms with Crippen molar-refractivity contribution in [1.29, 1.82) is 0 Å². The van der Waals surface area contributed by atoms with Crippen LogP contribution in [0.4, 0.5) is 5.13 Å². The number of ether oxygens (including phenoxy) is 1. The van der Waals surface area contributed by atoms with Crippen LogP contribution in [0, 0.1) is 13.8 Å². The van der Waals surface area contributed by atoms with E-state index in [1.807, 2.05) is 29.2 Å². The minimum absolute atomic E-state index is 0.120. The van der Waals surface area contributed by atoms with Crippen molar-refractivity contribution in [2.24, 2.45) is 0 Å². The summed E-state index contributed by atoms with van der Waals surface area (Å²) in [5.41, 5.74) is 3.35. The maximum absolute atomic E-state index is 13.3. The van der Waals surface area contributed by atoms with Crippen LogP contribution in [0.1, 0.15) is 17.5 Å². The van der Waals surface area contributed by atoms with Crippen LogP contribution in [-0.2, 0) is 9.53 Å². The Kier molecular flexibility index (Phi) is 8.07. The van der Waals surface area contributed by atoms with Gasteiger partial charge >= 0.3 is 0 Å². The van der Waals surface area contributed by atoms with Gasteiger partial charge in [-0.05, 0) is 49.2 Å². The molecule has 1 aliphatic rings. The van der Waals surface area contributed by atoms with Crippen molar-refractivity contribution >= 4 is 56.0 Å². The van der Waals surface area contributed by atoms with E-state index in [2.05, 4.69) is 30.9 Å². The molecule has 1 aliphatic heterocycles. The third-order valence-corrected chi connectivity index (χ3v) is 8.08. The SMILES string of the molecule is Cc1ccc(C)c2sc(N(CCN3CCOCC3)C(=O)CCSc3ccc(Cl)cc3)nc12. The molecule has 0 bridgehead atoms. The Morgan fingerprint density at radius 2 is 1.88 bits per heavy atom. The summed E-state index contributed by atoms with van der Waals surface area (Å²) in [5.74, 6) is 0.839. The summed E-state index contributed by atoms with van der Waals surface area (Å²) < 4.78 is 6.63. The molecule has 1 saturated heterocycles. The number of halogens is 1. The fourth-order valence-electron chi connectivity index (χ4n) is 3.68. The minimum atomic E-state index is 0.120. The van der Waals surface area contributed by atoms with Crippen LogP contribution < -0.4 is 4.90 Å². The lowest BCUT2D eigenvalue weighted by Gasteiger charge is -2.29. The zero-order valence-electron chi connectivity index (χ0n) is 18.5. The summed E-state index contributed by atoms with van der Waals surface area (Å²) in [7, 11) is 0. The van der Waals surface area contributed by atoms with E-state index in [1.165, 1.54) is 10.3 Å². The van der Waals surface area contributed by atoms with Crippen molar-refractivity contribution in [3.63, 3.8) is 0 Å². The molecule has 32 heavy (non-hydrogen) atoms. The van der Waals surface area contributed by atoms with E-state index in [1.54, 1.807) is 23.1 Å². The molecule has 1 amide bonds. The molecule has 0 saturated carbocycles. The molecule has 1 fully saturated rings. The van der Waals surface area contributed by atoms with Crippen LogP contribution in [0.15, 0.2) is 41.3 Å². The highest BCUT2D eigenvalue weighted by atomic mass is 35.5.